The Bertz CT molecular complexity index is 411. The highest BCUT2D eigenvalue weighted by Crippen LogP contribution is 2.23. The SMILES string of the molecule is C=C/C(=C\C=C/C)c1ccc(C)c(Br)c1. The largest absolute Gasteiger partial charge is 0.0984 e. The van der Waals surface area contributed by atoms with Gasteiger partial charge in [0, 0.05) is 4.47 Å². The minimum atomic E-state index is 1.13. The van der Waals surface area contributed by atoms with Gasteiger partial charge >= 0.3 is 0 Å². The summed E-state index contributed by atoms with van der Waals surface area (Å²) in [5.74, 6) is 0. The molecular formula is C14H15Br. The minimum absolute atomic E-state index is 1.13. The van der Waals surface area contributed by atoms with Gasteiger partial charge in [-0.05, 0) is 36.6 Å². The number of halogens is 1. The van der Waals surface area contributed by atoms with Crippen molar-refractivity contribution in [2.45, 2.75) is 13.8 Å². The zero-order chi connectivity index (χ0) is 11.3. The molecule has 0 nitrogen and oxygen atoms in total. The van der Waals surface area contributed by atoms with Crippen LogP contribution in [0.2, 0.25) is 0 Å². The summed E-state index contributed by atoms with van der Waals surface area (Å²) in [6, 6.07) is 6.33. The van der Waals surface area contributed by atoms with Crippen molar-refractivity contribution in [1.82, 2.24) is 0 Å². The number of aryl methyl sites for hydroxylation is 1. The van der Waals surface area contributed by atoms with Crippen LogP contribution >= 0.6 is 15.9 Å². The van der Waals surface area contributed by atoms with Crippen LogP contribution in [0.25, 0.3) is 5.57 Å². The van der Waals surface area contributed by atoms with Crippen LogP contribution in [-0.4, -0.2) is 0 Å². The number of hydrogen-bond acceptors (Lipinski definition) is 0. The Kier molecular flexibility index (Phi) is 4.57. The highest BCUT2D eigenvalue weighted by atomic mass is 79.9. The lowest BCUT2D eigenvalue weighted by atomic mass is 10.0. The predicted octanol–water partition coefficient (Wildman–Crippen LogP) is 4.90. The maximum Gasteiger partial charge on any atom is 0.0210 e. The Hall–Kier alpha value is -1.08. The molecule has 0 fully saturated rings. The van der Waals surface area contributed by atoms with Crippen molar-refractivity contribution >= 4 is 21.5 Å². The van der Waals surface area contributed by atoms with E-state index in [1.54, 1.807) is 0 Å². The van der Waals surface area contributed by atoms with Crippen molar-refractivity contribution in [1.29, 1.82) is 0 Å². The maximum atomic E-state index is 3.82. The van der Waals surface area contributed by atoms with E-state index in [4.69, 9.17) is 0 Å². The molecular weight excluding hydrogens is 248 g/mol. The summed E-state index contributed by atoms with van der Waals surface area (Å²) < 4.78 is 1.13. The van der Waals surface area contributed by atoms with E-state index in [1.165, 1.54) is 11.1 Å². The molecule has 15 heavy (non-hydrogen) atoms. The summed E-state index contributed by atoms with van der Waals surface area (Å²) in [4.78, 5) is 0. The third-order valence-corrected chi connectivity index (χ3v) is 3.05. The Morgan fingerprint density at radius 1 is 1.40 bits per heavy atom. The molecule has 0 aliphatic heterocycles. The van der Waals surface area contributed by atoms with E-state index in [0.717, 1.165) is 10.0 Å². The van der Waals surface area contributed by atoms with Gasteiger partial charge in [0.25, 0.3) is 0 Å². The van der Waals surface area contributed by atoms with E-state index >= 15 is 0 Å². The molecule has 0 radical (unpaired) electrons. The van der Waals surface area contributed by atoms with E-state index in [0.29, 0.717) is 0 Å². The molecule has 0 amide bonds. The van der Waals surface area contributed by atoms with Crippen LogP contribution < -0.4 is 0 Å². The molecule has 0 unspecified atom stereocenters. The van der Waals surface area contributed by atoms with Gasteiger partial charge < -0.3 is 0 Å². The average Bonchev–Trinajstić information content (AvgIpc) is 2.24. The van der Waals surface area contributed by atoms with Crippen molar-refractivity contribution < 1.29 is 0 Å². The topological polar surface area (TPSA) is 0 Å². The molecule has 1 aromatic carbocycles. The molecule has 1 aromatic rings. The van der Waals surface area contributed by atoms with E-state index in [2.05, 4.69) is 53.7 Å². The van der Waals surface area contributed by atoms with E-state index in [1.807, 2.05) is 25.2 Å². The highest BCUT2D eigenvalue weighted by molar-refractivity contribution is 9.10. The van der Waals surface area contributed by atoms with Gasteiger partial charge in [0.1, 0.15) is 0 Å². The van der Waals surface area contributed by atoms with Crippen molar-refractivity contribution in [3.63, 3.8) is 0 Å². The van der Waals surface area contributed by atoms with Gasteiger partial charge in [-0.15, -0.1) is 0 Å². The highest BCUT2D eigenvalue weighted by Gasteiger charge is 1.99. The van der Waals surface area contributed by atoms with Gasteiger partial charge in [0.2, 0.25) is 0 Å². The lowest BCUT2D eigenvalue weighted by molar-refractivity contribution is 1.41. The lowest BCUT2D eigenvalue weighted by Gasteiger charge is -2.04. The van der Waals surface area contributed by atoms with Crippen LogP contribution in [0.3, 0.4) is 0 Å². The molecule has 1 heteroatoms. The number of rotatable bonds is 3. The standard InChI is InChI=1S/C14H15Br/c1-4-6-7-12(5-2)13-9-8-11(3)14(15)10-13/h4-10H,2H2,1,3H3/b6-4-,12-7+. The van der Waals surface area contributed by atoms with Gasteiger partial charge in [-0.1, -0.05) is 58.9 Å². The number of benzene rings is 1. The van der Waals surface area contributed by atoms with E-state index in [9.17, 15) is 0 Å². The summed E-state index contributed by atoms with van der Waals surface area (Å²) in [5, 5.41) is 0. The summed E-state index contributed by atoms with van der Waals surface area (Å²) in [6.07, 6.45) is 7.96. The van der Waals surface area contributed by atoms with Gasteiger partial charge in [-0.25, -0.2) is 0 Å². The maximum absolute atomic E-state index is 3.82. The van der Waals surface area contributed by atoms with Crippen LogP contribution in [0.1, 0.15) is 18.1 Å². The second kappa shape index (κ2) is 5.72. The second-order valence-electron chi connectivity index (χ2n) is 3.32. The fraction of sp³-hybridized carbons (Fsp3) is 0.143. The summed E-state index contributed by atoms with van der Waals surface area (Å²) in [6.45, 7) is 7.91. The van der Waals surface area contributed by atoms with Crippen molar-refractivity contribution in [2.75, 3.05) is 0 Å². The minimum Gasteiger partial charge on any atom is -0.0984 e. The molecule has 0 atom stereocenters. The smallest absolute Gasteiger partial charge is 0.0210 e. The Morgan fingerprint density at radius 2 is 2.13 bits per heavy atom. The van der Waals surface area contributed by atoms with Gasteiger partial charge in [-0.3, -0.25) is 0 Å². The Morgan fingerprint density at radius 3 is 2.67 bits per heavy atom. The molecule has 0 saturated carbocycles. The van der Waals surface area contributed by atoms with Gasteiger partial charge in [0.15, 0.2) is 0 Å². The normalized spacial score (nSPS) is 12.1. The zero-order valence-electron chi connectivity index (χ0n) is 9.13. The zero-order valence-corrected chi connectivity index (χ0v) is 10.7. The molecule has 0 bridgehead atoms. The first kappa shape index (κ1) is 12.0. The first-order valence-corrected chi connectivity index (χ1v) is 5.70. The fourth-order valence-electron chi connectivity index (χ4n) is 1.25. The molecule has 0 saturated heterocycles. The Labute approximate surface area is 100 Å². The average molecular weight is 263 g/mol. The second-order valence-corrected chi connectivity index (χ2v) is 4.17. The predicted molar refractivity (Wildman–Crippen MR) is 71.9 cm³/mol. The van der Waals surface area contributed by atoms with E-state index < -0.39 is 0 Å². The van der Waals surface area contributed by atoms with Crippen LogP contribution in [0, 0.1) is 6.92 Å². The third kappa shape index (κ3) is 3.21. The van der Waals surface area contributed by atoms with Crippen LogP contribution in [0.15, 0.2) is 53.6 Å². The number of hydrogen-bond donors (Lipinski definition) is 0. The van der Waals surface area contributed by atoms with Crippen LogP contribution in [0.4, 0.5) is 0 Å². The van der Waals surface area contributed by atoms with Crippen molar-refractivity contribution in [3.8, 4) is 0 Å². The first-order chi connectivity index (χ1) is 7.19. The summed E-state index contributed by atoms with van der Waals surface area (Å²) in [7, 11) is 0. The van der Waals surface area contributed by atoms with Crippen molar-refractivity contribution in [2.24, 2.45) is 0 Å². The first-order valence-electron chi connectivity index (χ1n) is 4.91. The third-order valence-electron chi connectivity index (χ3n) is 2.19. The molecule has 0 N–H and O–H groups in total. The molecule has 78 valence electrons. The quantitative estimate of drug-likeness (QED) is 0.680. The summed E-state index contributed by atoms with van der Waals surface area (Å²) in [5.41, 5.74) is 3.56. The van der Waals surface area contributed by atoms with Crippen molar-refractivity contribution in [3.05, 3.63) is 64.7 Å². The summed E-state index contributed by atoms with van der Waals surface area (Å²) >= 11 is 3.53. The molecule has 0 aliphatic rings. The Balaban J connectivity index is 3.13. The monoisotopic (exact) mass is 262 g/mol. The van der Waals surface area contributed by atoms with E-state index in [-0.39, 0.29) is 0 Å². The molecule has 1 rings (SSSR count). The number of allylic oxidation sites excluding steroid dienone is 5. The van der Waals surface area contributed by atoms with Crippen LogP contribution in [-0.2, 0) is 0 Å². The molecule has 0 aliphatic carbocycles. The molecule has 0 heterocycles. The van der Waals surface area contributed by atoms with Crippen LogP contribution in [0.5, 0.6) is 0 Å². The van der Waals surface area contributed by atoms with Gasteiger partial charge in [-0.2, -0.15) is 0 Å². The van der Waals surface area contributed by atoms with Gasteiger partial charge in [0.05, 0.1) is 0 Å². The molecule has 0 aromatic heterocycles. The molecule has 0 spiro atoms. The lowest BCUT2D eigenvalue weighted by Crippen LogP contribution is -1.83. The fourth-order valence-corrected chi connectivity index (χ4v) is 1.63.